The molecule has 2 N–H and O–H groups in total. The lowest BCUT2D eigenvalue weighted by molar-refractivity contribution is 0.0710. The van der Waals surface area contributed by atoms with E-state index in [4.69, 9.17) is 4.74 Å². The Morgan fingerprint density at radius 3 is 2.95 bits per heavy atom. The molecular formula is C16H18N2O3. The molecule has 0 spiro atoms. The number of aliphatic hydroxyl groups is 1. The Kier molecular flexibility index (Phi) is 3.66. The molecule has 2 aromatic rings. The second-order valence-electron chi connectivity index (χ2n) is 5.22. The van der Waals surface area contributed by atoms with Gasteiger partial charge in [-0.25, -0.2) is 0 Å². The minimum atomic E-state index is -0.500. The third-order valence-corrected chi connectivity index (χ3v) is 3.85. The number of nitrogens with one attached hydrogen (secondary N) is 1. The second kappa shape index (κ2) is 5.61. The van der Waals surface area contributed by atoms with Crippen molar-refractivity contribution in [2.75, 3.05) is 13.7 Å². The van der Waals surface area contributed by atoms with Gasteiger partial charge in [0.2, 0.25) is 0 Å². The average molecular weight is 286 g/mol. The molecule has 5 nitrogen and oxygen atoms in total. The molecule has 0 saturated carbocycles. The van der Waals surface area contributed by atoms with Gasteiger partial charge in [-0.15, -0.1) is 0 Å². The van der Waals surface area contributed by atoms with Crippen molar-refractivity contribution in [3.8, 4) is 5.75 Å². The molecule has 21 heavy (non-hydrogen) atoms. The monoisotopic (exact) mass is 286 g/mol. The lowest BCUT2D eigenvalue weighted by Gasteiger charge is -2.24. The number of ether oxygens (including phenoxy) is 1. The van der Waals surface area contributed by atoms with Crippen LogP contribution in [0, 0.1) is 0 Å². The van der Waals surface area contributed by atoms with Crippen molar-refractivity contribution in [1.82, 2.24) is 9.88 Å². The molecule has 1 fully saturated rings. The van der Waals surface area contributed by atoms with Crippen LogP contribution in [0.2, 0.25) is 0 Å². The zero-order valence-corrected chi connectivity index (χ0v) is 11.8. The van der Waals surface area contributed by atoms with Crippen LogP contribution < -0.4 is 4.74 Å². The summed E-state index contributed by atoms with van der Waals surface area (Å²) in [6.07, 6.45) is 1.76. The highest BCUT2D eigenvalue weighted by molar-refractivity contribution is 5.93. The topological polar surface area (TPSA) is 65.6 Å². The predicted molar refractivity (Wildman–Crippen MR) is 78.2 cm³/mol. The van der Waals surface area contributed by atoms with Crippen LogP contribution in [0.3, 0.4) is 0 Å². The quantitative estimate of drug-likeness (QED) is 0.906. The molecule has 0 bridgehead atoms. The van der Waals surface area contributed by atoms with E-state index in [1.807, 2.05) is 24.3 Å². The van der Waals surface area contributed by atoms with Crippen molar-refractivity contribution in [3.63, 3.8) is 0 Å². The van der Waals surface area contributed by atoms with Crippen molar-refractivity contribution in [2.45, 2.75) is 18.6 Å². The number of methoxy groups -OCH3 is 1. The van der Waals surface area contributed by atoms with Gasteiger partial charge in [0.25, 0.3) is 5.91 Å². The highest BCUT2D eigenvalue weighted by Gasteiger charge is 2.36. The standard InChI is InChI=1S/C16H18N2O3/c1-21-13-5-2-4-11(8-13)15-9-12(19)10-18(15)16(20)14-6-3-7-17-14/h2-8,12,15,17,19H,9-10H2,1H3/t12-,15-/m0/s1. The zero-order valence-electron chi connectivity index (χ0n) is 11.8. The summed E-state index contributed by atoms with van der Waals surface area (Å²) in [5.74, 6) is 0.658. The lowest BCUT2D eigenvalue weighted by atomic mass is 10.0. The van der Waals surface area contributed by atoms with Gasteiger partial charge < -0.3 is 19.7 Å². The maximum Gasteiger partial charge on any atom is 0.270 e. The number of β-amino-alcohol motifs (C(OH)–C–C–N with tert-alkyl or cyclic N) is 1. The Balaban J connectivity index is 1.90. The van der Waals surface area contributed by atoms with E-state index >= 15 is 0 Å². The number of likely N-dealkylation sites (tertiary alicyclic amines) is 1. The largest absolute Gasteiger partial charge is 0.497 e. The predicted octanol–water partition coefficient (Wildman–Crippen LogP) is 1.97. The molecule has 2 heterocycles. The molecule has 3 rings (SSSR count). The van der Waals surface area contributed by atoms with Crippen LogP contribution in [-0.4, -0.2) is 40.7 Å². The number of nitrogens with zero attached hydrogens (tertiary/aromatic N) is 1. The number of H-pyrrole nitrogens is 1. The van der Waals surface area contributed by atoms with Gasteiger partial charge in [0.15, 0.2) is 0 Å². The molecule has 1 aliphatic rings. The minimum absolute atomic E-state index is 0.0932. The molecule has 0 aliphatic carbocycles. The van der Waals surface area contributed by atoms with Gasteiger partial charge in [-0.2, -0.15) is 0 Å². The Bertz CT molecular complexity index is 624. The van der Waals surface area contributed by atoms with Gasteiger partial charge in [-0.1, -0.05) is 12.1 Å². The van der Waals surface area contributed by atoms with E-state index in [1.54, 1.807) is 30.3 Å². The van der Waals surface area contributed by atoms with Gasteiger partial charge in [0.1, 0.15) is 11.4 Å². The summed E-state index contributed by atoms with van der Waals surface area (Å²) < 4.78 is 5.24. The van der Waals surface area contributed by atoms with Gasteiger partial charge in [0, 0.05) is 12.7 Å². The number of hydrogen-bond acceptors (Lipinski definition) is 3. The van der Waals surface area contributed by atoms with Crippen LogP contribution in [-0.2, 0) is 0 Å². The summed E-state index contributed by atoms with van der Waals surface area (Å²) in [7, 11) is 1.62. The molecule has 1 saturated heterocycles. The van der Waals surface area contributed by atoms with Crippen molar-refractivity contribution in [3.05, 3.63) is 53.9 Å². The molecule has 1 aromatic heterocycles. The summed E-state index contributed by atoms with van der Waals surface area (Å²) in [4.78, 5) is 17.2. The van der Waals surface area contributed by atoms with Gasteiger partial charge in [-0.3, -0.25) is 4.79 Å². The summed E-state index contributed by atoms with van der Waals surface area (Å²) in [6, 6.07) is 11.0. The van der Waals surface area contributed by atoms with Crippen LogP contribution in [0.4, 0.5) is 0 Å². The first-order valence-corrected chi connectivity index (χ1v) is 6.95. The summed E-state index contributed by atoms with van der Waals surface area (Å²) >= 11 is 0. The second-order valence-corrected chi connectivity index (χ2v) is 5.22. The number of benzene rings is 1. The van der Waals surface area contributed by atoms with E-state index in [1.165, 1.54) is 0 Å². The van der Waals surface area contributed by atoms with Gasteiger partial charge in [-0.05, 0) is 36.2 Å². The van der Waals surface area contributed by atoms with E-state index in [-0.39, 0.29) is 11.9 Å². The van der Waals surface area contributed by atoms with Crippen molar-refractivity contribution in [1.29, 1.82) is 0 Å². The van der Waals surface area contributed by atoms with E-state index in [0.717, 1.165) is 11.3 Å². The highest BCUT2D eigenvalue weighted by atomic mass is 16.5. The number of rotatable bonds is 3. The Hall–Kier alpha value is -2.27. The van der Waals surface area contributed by atoms with Crippen LogP contribution in [0.15, 0.2) is 42.6 Å². The molecular weight excluding hydrogens is 268 g/mol. The average Bonchev–Trinajstić information content (AvgIpc) is 3.16. The van der Waals surface area contributed by atoms with E-state index in [0.29, 0.717) is 18.7 Å². The number of carbonyl (C=O) groups is 1. The van der Waals surface area contributed by atoms with Crippen LogP contribution in [0.5, 0.6) is 5.75 Å². The molecule has 110 valence electrons. The van der Waals surface area contributed by atoms with E-state index in [2.05, 4.69) is 4.98 Å². The SMILES string of the molecule is COc1cccc([C@@H]2C[C@H](O)CN2C(=O)c2ccc[nH]2)c1. The number of amides is 1. The first-order chi connectivity index (χ1) is 10.2. The molecule has 1 aliphatic heterocycles. The van der Waals surface area contributed by atoms with Crippen molar-refractivity contribution in [2.24, 2.45) is 0 Å². The summed E-state index contributed by atoms with van der Waals surface area (Å²) in [5.41, 5.74) is 1.52. The first-order valence-electron chi connectivity index (χ1n) is 6.95. The Labute approximate surface area is 123 Å². The molecule has 1 amide bonds. The number of aromatic amines is 1. The molecule has 0 unspecified atom stereocenters. The number of carbonyl (C=O) groups excluding carboxylic acids is 1. The van der Waals surface area contributed by atoms with Gasteiger partial charge >= 0.3 is 0 Å². The summed E-state index contributed by atoms with van der Waals surface area (Å²) in [5, 5.41) is 9.97. The Morgan fingerprint density at radius 1 is 1.38 bits per heavy atom. The van der Waals surface area contributed by atoms with E-state index < -0.39 is 6.10 Å². The number of aliphatic hydroxyl groups excluding tert-OH is 1. The fourth-order valence-corrected chi connectivity index (χ4v) is 2.82. The van der Waals surface area contributed by atoms with Gasteiger partial charge in [0.05, 0.1) is 19.3 Å². The maximum absolute atomic E-state index is 12.5. The van der Waals surface area contributed by atoms with Crippen LogP contribution in [0.25, 0.3) is 0 Å². The lowest BCUT2D eigenvalue weighted by Crippen LogP contribution is -2.32. The highest BCUT2D eigenvalue weighted by Crippen LogP contribution is 2.34. The third kappa shape index (κ3) is 2.64. The molecule has 0 radical (unpaired) electrons. The smallest absolute Gasteiger partial charge is 0.270 e. The van der Waals surface area contributed by atoms with Crippen molar-refractivity contribution < 1.29 is 14.6 Å². The normalized spacial score (nSPS) is 21.5. The Morgan fingerprint density at radius 2 is 2.24 bits per heavy atom. The fraction of sp³-hybridized carbons (Fsp3) is 0.312. The van der Waals surface area contributed by atoms with E-state index in [9.17, 15) is 9.90 Å². The molecule has 2 atom stereocenters. The first kappa shape index (κ1) is 13.7. The fourth-order valence-electron chi connectivity index (χ4n) is 2.82. The molecule has 1 aromatic carbocycles. The summed E-state index contributed by atoms with van der Waals surface area (Å²) in [6.45, 7) is 0.347. The van der Waals surface area contributed by atoms with Crippen molar-refractivity contribution >= 4 is 5.91 Å². The third-order valence-electron chi connectivity index (χ3n) is 3.85. The molecule has 5 heteroatoms. The maximum atomic E-state index is 12.5. The van der Waals surface area contributed by atoms with Crippen LogP contribution >= 0.6 is 0 Å². The number of hydrogen-bond donors (Lipinski definition) is 2. The number of aromatic nitrogens is 1. The zero-order chi connectivity index (χ0) is 14.8. The minimum Gasteiger partial charge on any atom is -0.497 e. The van der Waals surface area contributed by atoms with Crippen LogP contribution in [0.1, 0.15) is 28.5 Å².